The summed E-state index contributed by atoms with van der Waals surface area (Å²) in [6, 6.07) is 23.7. The number of rotatable bonds is 6. The van der Waals surface area contributed by atoms with E-state index in [2.05, 4.69) is 31.2 Å². The van der Waals surface area contributed by atoms with Crippen molar-refractivity contribution in [3.8, 4) is 5.69 Å². The molecule has 7 heteroatoms. The Labute approximate surface area is 219 Å². The van der Waals surface area contributed by atoms with Crippen LogP contribution in [0.3, 0.4) is 0 Å². The molecule has 3 heterocycles. The van der Waals surface area contributed by atoms with Gasteiger partial charge in [-0.05, 0) is 67.3 Å². The molecule has 0 bridgehead atoms. The summed E-state index contributed by atoms with van der Waals surface area (Å²) >= 11 is 6.07. The zero-order valence-electron chi connectivity index (χ0n) is 20.8. The Morgan fingerprint density at radius 2 is 1.49 bits per heavy atom. The molecule has 6 rings (SSSR count). The van der Waals surface area contributed by atoms with Crippen molar-refractivity contribution >= 4 is 44.8 Å². The molecule has 0 radical (unpaired) electrons. The van der Waals surface area contributed by atoms with Crippen LogP contribution >= 0.6 is 11.6 Å². The Morgan fingerprint density at radius 1 is 0.811 bits per heavy atom. The van der Waals surface area contributed by atoms with Gasteiger partial charge < -0.3 is 0 Å². The minimum absolute atomic E-state index is 0.134. The molecule has 0 amide bonds. The molecule has 0 spiro atoms. The Hall–Kier alpha value is -4.03. The zero-order valence-corrected chi connectivity index (χ0v) is 21.5. The quantitative estimate of drug-likeness (QED) is 0.253. The topological polar surface area (TPSA) is 65.6 Å². The number of aryl methyl sites for hydroxylation is 2. The first-order valence-corrected chi connectivity index (χ1v) is 12.9. The molecule has 6 nitrogen and oxygen atoms in total. The van der Waals surface area contributed by atoms with Crippen LogP contribution in [0.15, 0.2) is 77.6 Å². The molecule has 3 aromatic carbocycles. The molecule has 3 aromatic heterocycles. The predicted octanol–water partition coefficient (Wildman–Crippen LogP) is 6.64. The summed E-state index contributed by atoms with van der Waals surface area (Å²) in [6.45, 7) is 4.46. The van der Waals surface area contributed by atoms with Crippen LogP contribution in [-0.4, -0.2) is 24.1 Å². The summed E-state index contributed by atoms with van der Waals surface area (Å²) in [5, 5.41) is 1.13. The molecule has 0 saturated carbocycles. The molecule has 6 aromatic rings. The Morgan fingerprint density at radius 3 is 2.19 bits per heavy atom. The molecule has 0 atom stereocenters. The number of aromatic nitrogens is 5. The van der Waals surface area contributed by atoms with Crippen molar-refractivity contribution in [3.05, 3.63) is 105 Å². The lowest BCUT2D eigenvalue weighted by atomic mass is 10.1. The van der Waals surface area contributed by atoms with E-state index in [0.717, 1.165) is 41.5 Å². The number of benzene rings is 3. The first kappa shape index (κ1) is 23.4. The molecular formula is C30H26ClN5O. The third-order valence-electron chi connectivity index (χ3n) is 6.82. The number of fused-ring (bicyclic) bond motifs is 4. The van der Waals surface area contributed by atoms with Crippen LogP contribution in [0.25, 0.3) is 38.9 Å². The highest BCUT2D eigenvalue weighted by atomic mass is 35.5. The standard InChI is InChI=1S/C30H26ClN5O/c1-3-4-7-20-12-16-23(17-13-20)36-28-26(27-29(36)34-25-9-6-5-8-24(25)33-27)30(37)35(19(2)32-28)18-21-10-14-22(31)15-11-21/h5-6,8-17H,3-4,7,18H2,1-2H3. The molecule has 0 fully saturated rings. The van der Waals surface area contributed by atoms with Crippen molar-refractivity contribution in [3.63, 3.8) is 0 Å². The summed E-state index contributed by atoms with van der Waals surface area (Å²) in [5.74, 6) is 0.626. The number of hydrogen-bond acceptors (Lipinski definition) is 4. The molecule has 0 aliphatic carbocycles. The normalized spacial score (nSPS) is 11.6. The number of nitrogens with zero attached hydrogens (tertiary/aromatic N) is 5. The van der Waals surface area contributed by atoms with Gasteiger partial charge in [0.25, 0.3) is 5.56 Å². The Balaban J connectivity index is 1.62. The van der Waals surface area contributed by atoms with Gasteiger partial charge in [0.1, 0.15) is 16.7 Å². The average Bonchev–Trinajstić information content (AvgIpc) is 3.22. The lowest BCUT2D eigenvalue weighted by Crippen LogP contribution is -2.24. The summed E-state index contributed by atoms with van der Waals surface area (Å²) < 4.78 is 3.66. The molecule has 0 unspecified atom stereocenters. The zero-order chi connectivity index (χ0) is 25.5. The van der Waals surface area contributed by atoms with Crippen LogP contribution in [0.2, 0.25) is 5.02 Å². The van der Waals surface area contributed by atoms with Crippen LogP contribution in [0, 0.1) is 6.92 Å². The van der Waals surface area contributed by atoms with Gasteiger partial charge in [0.2, 0.25) is 0 Å². The van der Waals surface area contributed by atoms with E-state index in [1.165, 1.54) is 5.56 Å². The smallest absolute Gasteiger partial charge is 0.265 e. The Bertz CT molecular complexity index is 1820. The maximum atomic E-state index is 14.0. The maximum Gasteiger partial charge on any atom is 0.265 e. The summed E-state index contributed by atoms with van der Waals surface area (Å²) in [6.07, 6.45) is 3.35. The van der Waals surface area contributed by atoms with E-state index < -0.39 is 0 Å². The van der Waals surface area contributed by atoms with Crippen molar-refractivity contribution in [1.29, 1.82) is 0 Å². The van der Waals surface area contributed by atoms with Crippen LogP contribution in [0.1, 0.15) is 36.7 Å². The molecule has 0 N–H and O–H groups in total. The molecule has 0 aliphatic rings. The van der Waals surface area contributed by atoms with E-state index in [4.69, 9.17) is 26.6 Å². The van der Waals surface area contributed by atoms with Crippen LogP contribution in [-0.2, 0) is 13.0 Å². The molecule has 184 valence electrons. The van der Waals surface area contributed by atoms with E-state index in [9.17, 15) is 4.79 Å². The fourth-order valence-corrected chi connectivity index (χ4v) is 4.95. The highest BCUT2D eigenvalue weighted by molar-refractivity contribution is 6.30. The first-order chi connectivity index (χ1) is 18.0. The second-order valence-electron chi connectivity index (χ2n) is 9.37. The van der Waals surface area contributed by atoms with Crippen LogP contribution in [0.4, 0.5) is 0 Å². The Kier molecular flexibility index (Phi) is 5.97. The second kappa shape index (κ2) is 9.45. The minimum atomic E-state index is -0.134. The van der Waals surface area contributed by atoms with Gasteiger partial charge in [0.05, 0.1) is 17.6 Å². The van der Waals surface area contributed by atoms with Crippen LogP contribution in [0.5, 0.6) is 0 Å². The van der Waals surface area contributed by atoms with E-state index in [-0.39, 0.29) is 5.56 Å². The molecule has 37 heavy (non-hydrogen) atoms. The van der Waals surface area contributed by atoms with Gasteiger partial charge in [-0.1, -0.05) is 61.3 Å². The summed E-state index contributed by atoms with van der Waals surface area (Å²) in [7, 11) is 0. The monoisotopic (exact) mass is 507 g/mol. The third-order valence-corrected chi connectivity index (χ3v) is 7.07. The van der Waals surface area contributed by atoms with Crippen LogP contribution < -0.4 is 5.56 Å². The van der Waals surface area contributed by atoms with Gasteiger partial charge in [-0.2, -0.15) is 0 Å². The second-order valence-corrected chi connectivity index (χ2v) is 9.80. The van der Waals surface area contributed by atoms with E-state index in [0.29, 0.717) is 39.6 Å². The van der Waals surface area contributed by atoms with Gasteiger partial charge in [-0.15, -0.1) is 0 Å². The van der Waals surface area contributed by atoms with Crippen molar-refractivity contribution in [1.82, 2.24) is 24.1 Å². The first-order valence-electron chi connectivity index (χ1n) is 12.6. The number of halogens is 1. The number of para-hydroxylation sites is 2. The van der Waals surface area contributed by atoms with Crippen molar-refractivity contribution in [2.24, 2.45) is 0 Å². The molecule has 0 saturated heterocycles. The maximum absolute atomic E-state index is 14.0. The summed E-state index contributed by atoms with van der Waals surface area (Å²) in [4.78, 5) is 28.8. The molecular weight excluding hydrogens is 482 g/mol. The lowest BCUT2D eigenvalue weighted by Gasteiger charge is -2.11. The van der Waals surface area contributed by atoms with Gasteiger partial charge >= 0.3 is 0 Å². The van der Waals surface area contributed by atoms with Crippen molar-refractivity contribution in [2.45, 2.75) is 39.7 Å². The summed E-state index contributed by atoms with van der Waals surface area (Å²) in [5.41, 5.74) is 6.31. The lowest BCUT2D eigenvalue weighted by molar-refractivity contribution is 0.711. The van der Waals surface area contributed by atoms with E-state index >= 15 is 0 Å². The third kappa shape index (κ3) is 4.17. The fraction of sp³-hybridized carbons (Fsp3) is 0.200. The highest BCUT2D eigenvalue weighted by Gasteiger charge is 2.22. The van der Waals surface area contributed by atoms with Gasteiger partial charge in [-0.3, -0.25) is 13.9 Å². The minimum Gasteiger partial charge on any atom is -0.292 e. The molecule has 0 aliphatic heterocycles. The van der Waals surface area contributed by atoms with Crippen molar-refractivity contribution in [2.75, 3.05) is 0 Å². The largest absolute Gasteiger partial charge is 0.292 e. The van der Waals surface area contributed by atoms with Crippen molar-refractivity contribution < 1.29 is 0 Å². The average molecular weight is 508 g/mol. The number of hydrogen-bond donors (Lipinski definition) is 0. The van der Waals surface area contributed by atoms with Gasteiger partial charge in [0, 0.05) is 10.7 Å². The van der Waals surface area contributed by atoms with Gasteiger partial charge in [0.15, 0.2) is 11.3 Å². The SMILES string of the molecule is CCCCc1ccc(-n2c3nc4ccccc4nc3c3c(=O)n(Cc4ccc(Cl)cc4)c(C)nc32)cc1. The van der Waals surface area contributed by atoms with E-state index in [1.807, 2.05) is 60.0 Å². The van der Waals surface area contributed by atoms with Gasteiger partial charge in [-0.25, -0.2) is 15.0 Å². The predicted molar refractivity (Wildman–Crippen MR) is 150 cm³/mol. The highest BCUT2D eigenvalue weighted by Crippen LogP contribution is 2.29. The fourth-order valence-electron chi connectivity index (χ4n) is 4.83. The number of unbranched alkanes of at least 4 members (excludes halogenated alkanes) is 1. The van der Waals surface area contributed by atoms with E-state index in [1.54, 1.807) is 4.57 Å².